The Morgan fingerprint density at radius 3 is 2.46 bits per heavy atom. The van der Waals surface area contributed by atoms with E-state index in [0.717, 1.165) is 44.7 Å². The summed E-state index contributed by atoms with van der Waals surface area (Å²) < 4.78 is 0. The lowest BCUT2D eigenvalue weighted by Crippen LogP contribution is -2.07. The molecule has 0 aliphatic carbocycles. The number of anilines is 1. The van der Waals surface area contributed by atoms with Crippen molar-refractivity contribution in [2.24, 2.45) is 5.92 Å². The van der Waals surface area contributed by atoms with Gasteiger partial charge in [0.25, 0.3) is 0 Å². The topological polar surface area (TPSA) is 83.8 Å². The van der Waals surface area contributed by atoms with Gasteiger partial charge in [-0.3, -0.25) is 9.97 Å². The second-order valence-corrected chi connectivity index (χ2v) is 8.83. The normalized spacial score (nSPS) is 12.1. The number of aliphatic hydroxyl groups is 1. The van der Waals surface area contributed by atoms with E-state index in [0.29, 0.717) is 12.4 Å². The maximum Gasteiger partial charge on any atom is 0.163 e. The van der Waals surface area contributed by atoms with Gasteiger partial charge in [-0.1, -0.05) is 62.4 Å². The molecule has 0 fully saturated rings. The van der Waals surface area contributed by atoms with Crippen molar-refractivity contribution in [3.63, 3.8) is 0 Å². The van der Waals surface area contributed by atoms with Crippen LogP contribution in [0.1, 0.15) is 31.2 Å². The van der Waals surface area contributed by atoms with Gasteiger partial charge in [-0.05, 0) is 46.9 Å². The summed E-state index contributed by atoms with van der Waals surface area (Å²) in [6.07, 6.45) is 4.62. The van der Waals surface area contributed by atoms with E-state index in [4.69, 9.17) is 9.97 Å². The predicted octanol–water partition coefficient (Wildman–Crippen LogP) is 6.06. The quantitative estimate of drug-likeness (QED) is 0.307. The molecule has 1 atom stereocenters. The van der Waals surface area contributed by atoms with E-state index < -0.39 is 6.10 Å². The number of pyridine rings is 2. The van der Waals surface area contributed by atoms with E-state index in [-0.39, 0.29) is 5.92 Å². The van der Waals surface area contributed by atoms with E-state index in [2.05, 4.69) is 33.5 Å². The largest absolute Gasteiger partial charge is 0.388 e. The number of hydrogen-bond acceptors (Lipinski definition) is 6. The monoisotopic (exact) mass is 461 g/mol. The van der Waals surface area contributed by atoms with Gasteiger partial charge in [-0.2, -0.15) is 0 Å². The third kappa shape index (κ3) is 4.88. The summed E-state index contributed by atoms with van der Waals surface area (Å²) in [5.41, 5.74) is 5.41. The van der Waals surface area contributed by atoms with Crippen molar-refractivity contribution >= 4 is 16.7 Å². The molecule has 0 bridgehead atoms. The van der Waals surface area contributed by atoms with Crippen LogP contribution in [0, 0.1) is 5.92 Å². The second-order valence-electron chi connectivity index (χ2n) is 8.83. The van der Waals surface area contributed by atoms with Crippen LogP contribution in [0.4, 0.5) is 5.82 Å². The van der Waals surface area contributed by atoms with Crippen molar-refractivity contribution in [2.45, 2.75) is 26.5 Å². The third-order valence-corrected chi connectivity index (χ3v) is 5.96. The number of aromatic nitrogens is 4. The minimum atomic E-state index is -0.602. The zero-order valence-electron chi connectivity index (χ0n) is 19.8. The molecule has 2 N–H and O–H groups in total. The highest BCUT2D eigenvalue weighted by atomic mass is 16.3. The van der Waals surface area contributed by atoms with Crippen molar-refractivity contribution in [3.8, 4) is 22.5 Å². The molecule has 174 valence electrons. The van der Waals surface area contributed by atoms with E-state index in [1.54, 1.807) is 18.6 Å². The first-order chi connectivity index (χ1) is 17.1. The van der Waals surface area contributed by atoms with Crippen LogP contribution in [0.5, 0.6) is 0 Å². The second kappa shape index (κ2) is 9.99. The fourth-order valence-electron chi connectivity index (χ4n) is 4.10. The Morgan fingerprint density at radius 1 is 0.857 bits per heavy atom. The van der Waals surface area contributed by atoms with Crippen molar-refractivity contribution in [1.82, 2.24) is 19.9 Å². The van der Waals surface area contributed by atoms with Gasteiger partial charge >= 0.3 is 0 Å². The molecule has 35 heavy (non-hydrogen) atoms. The molecule has 6 nitrogen and oxygen atoms in total. The maximum absolute atomic E-state index is 10.6. The van der Waals surface area contributed by atoms with Crippen molar-refractivity contribution in [1.29, 1.82) is 0 Å². The maximum atomic E-state index is 10.6. The molecule has 3 heterocycles. The zero-order chi connectivity index (χ0) is 24.2. The van der Waals surface area contributed by atoms with Gasteiger partial charge in [0.05, 0.1) is 29.2 Å². The van der Waals surface area contributed by atoms with Gasteiger partial charge in [0.1, 0.15) is 5.82 Å². The molecular formula is C29H27N5O. The molecule has 5 aromatic rings. The molecule has 0 saturated carbocycles. The molecule has 3 aromatic heterocycles. The first kappa shape index (κ1) is 22.6. The Kier molecular flexibility index (Phi) is 6.46. The molecule has 6 heteroatoms. The molecule has 0 aliphatic rings. The highest BCUT2D eigenvalue weighted by Gasteiger charge is 2.17. The van der Waals surface area contributed by atoms with E-state index in [1.807, 2.05) is 68.4 Å². The minimum Gasteiger partial charge on any atom is -0.388 e. The molecule has 5 rings (SSSR count). The zero-order valence-corrected chi connectivity index (χ0v) is 19.8. The van der Waals surface area contributed by atoms with Crippen LogP contribution in [0.15, 0.2) is 91.4 Å². The Labute approximate surface area is 204 Å². The van der Waals surface area contributed by atoms with E-state index >= 15 is 0 Å². The summed E-state index contributed by atoms with van der Waals surface area (Å²) in [4.78, 5) is 18.7. The summed E-state index contributed by atoms with van der Waals surface area (Å²) in [5.74, 6) is 1.36. The first-order valence-corrected chi connectivity index (χ1v) is 11.7. The fraction of sp³-hybridized carbons (Fsp3) is 0.172. The van der Waals surface area contributed by atoms with Gasteiger partial charge in [0, 0.05) is 24.2 Å². The average molecular weight is 462 g/mol. The Morgan fingerprint density at radius 2 is 1.69 bits per heavy atom. The summed E-state index contributed by atoms with van der Waals surface area (Å²) in [6.45, 7) is 4.49. The number of aliphatic hydroxyl groups excluding tert-OH is 1. The minimum absolute atomic E-state index is 0.0774. The number of benzene rings is 2. The lowest BCUT2D eigenvalue weighted by molar-refractivity contribution is 0.126. The van der Waals surface area contributed by atoms with E-state index in [1.165, 1.54) is 0 Å². The molecule has 0 spiro atoms. The number of fused-ring (bicyclic) bond motifs is 1. The van der Waals surface area contributed by atoms with Gasteiger partial charge < -0.3 is 10.4 Å². The number of hydrogen-bond donors (Lipinski definition) is 2. The number of nitrogens with one attached hydrogen (secondary N) is 1. The van der Waals surface area contributed by atoms with Gasteiger partial charge in [0.2, 0.25) is 0 Å². The smallest absolute Gasteiger partial charge is 0.163 e. The third-order valence-electron chi connectivity index (χ3n) is 5.96. The van der Waals surface area contributed by atoms with E-state index in [9.17, 15) is 5.11 Å². The molecular weight excluding hydrogens is 434 g/mol. The SMILES string of the molecule is CC(C)C(O)c1cncc(-c2nc(NCc3ccccn3)c3c(-c4ccccc4)cccc3n2)c1. The van der Waals surface area contributed by atoms with Crippen molar-refractivity contribution in [2.75, 3.05) is 5.32 Å². The van der Waals surface area contributed by atoms with Crippen LogP contribution in [-0.2, 0) is 6.54 Å². The molecule has 0 amide bonds. The van der Waals surface area contributed by atoms with Crippen molar-refractivity contribution < 1.29 is 5.11 Å². The Balaban J connectivity index is 1.65. The van der Waals surface area contributed by atoms with Gasteiger partial charge in [0.15, 0.2) is 5.82 Å². The van der Waals surface area contributed by atoms with Crippen LogP contribution in [-0.4, -0.2) is 25.0 Å². The van der Waals surface area contributed by atoms with Crippen LogP contribution >= 0.6 is 0 Å². The molecule has 0 aliphatic heterocycles. The standard InChI is InChI=1S/C29H27N5O/c1-19(2)27(35)21-15-22(17-30-16-21)28-33-25-13-8-12-24(20-9-4-3-5-10-20)26(25)29(34-28)32-18-23-11-6-7-14-31-23/h3-17,19,27,35H,18H2,1-2H3,(H,32,33,34). The number of nitrogens with zero attached hydrogens (tertiary/aromatic N) is 4. The molecule has 0 saturated heterocycles. The lowest BCUT2D eigenvalue weighted by atomic mass is 9.99. The van der Waals surface area contributed by atoms with Crippen LogP contribution in [0.3, 0.4) is 0 Å². The summed E-state index contributed by atoms with van der Waals surface area (Å²) in [6, 6.07) is 24.1. The Hall–Kier alpha value is -4.16. The summed E-state index contributed by atoms with van der Waals surface area (Å²) in [5, 5.41) is 15.0. The number of rotatable bonds is 7. The van der Waals surface area contributed by atoms with Crippen molar-refractivity contribution in [3.05, 3.63) is 103 Å². The summed E-state index contributed by atoms with van der Waals surface area (Å²) in [7, 11) is 0. The highest BCUT2D eigenvalue weighted by molar-refractivity contribution is 6.02. The first-order valence-electron chi connectivity index (χ1n) is 11.7. The lowest BCUT2D eigenvalue weighted by Gasteiger charge is -2.16. The molecule has 2 aromatic carbocycles. The van der Waals surface area contributed by atoms with Crippen LogP contribution in [0.2, 0.25) is 0 Å². The highest BCUT2D eigenvalue weighted by Crippen LogP contribution is 2.34. The predicted molar refractivity (Wildman–Crippen MR) is 140 cm³/mol. The van der Waals surface area contributed by atoms with Gasteiger partial charge in [-0.15, -0.1) is 0 Å². The molecule has 1 unspecified atom stereocenters. The summed E-state index contributed by atoms with van der Waals surface area (Å²) >= 11 is 0. The van der Waals surface area contributed by atoms with Crippen LogP contribution < -0.4 is 5.32 Å². The van der Waals surface area contributed by atoms with Gasteiger partial charge in [-0.25, -0.2) is 9.97 Å². The average Bonchev–Trinajstić information content (AvgIpc) is 2.92. The Bertz CT molecular complexity index is 1440. The fourth-order valence-corrected chi connectivity index (χ4v) is 4.10. The van der Waals surface area contributed by atoms with Crippen LogP contribution in [0.25, 0.3) is 33.4 Å². The molecule has 0 radical (unpaired) electrons.